The Bertz CT molecular complexity index is 995. The third-order valence-electron chi connectivity index (χ3n) is 5.63. The second-order valence-electron chi connectivity index (χ2n) is 7.92. The van der Waals surface area contributed by atoms with Gasteiger partial charge < -0.3 is 15.5 Å². The predicted molar refractivity (Wildman–Crippen MR) is 113 cm³/mol. The molecule has 0 spiro atoms. The second-order valence-corrected chi connectivity index (χ2v) is 7.92. The number of hydrogen-bond acceptors (Lipinski definition) is 3. The molecule has 3 amide bonds. The van der Waals surface area contributed by atoms with Crippen LogP contribution in [0, 0.1) is 19.8 Å². The molecule has 0 bridgehead atoms. The van der Waals surface area contributed by atoms with Crippen LogP contribution in [0.4, 0.5) is 17.1 Å². The standard InChI is InChI=1S/C23H25N3O3/c1-14-5-9-18(12-15(14)2)24-21(27)22(28)25-19-10-8-16-4-3-11-26(20(16)13-19)23(29)17-6-7-17/h5,8-10,12-13,17H,3-4,6-7,11H2,1-2H3,(H,24,27)(H,25,28). The number of nitrogens with one attached hydrogen (secondary N) is 2. The van der Waals surface area contributed by atoms with E-state index in [1.165, 1.54) is 0 Å². The number of nitrogens with zero attached hydrogens (tertiary/aromatic N) is 1. The van der Waals surface area contributed by atoms with Crippen LogP contribution in [-0.2, 0) is 20.8 Å². The van der Waals surface area contributed by atoms with Gasteiger partial charge in [0.05, 0.1) is 0 Å². The van der Waals surface area contributed by atoms with Gasteiger partial charge >= 0.3 is 11.8 Å². The molecule has 2 aromatic carbocycles. The van der Waals surface area contributed by atoms with Gasteiger partial charge in [-0.2, -0.15) is 0 Å². The lowest BCUT2D eigenvalue weighted by atomic mass is 10.0. The minimum absolute atomic E-state index is 0.142. The van der Waals surface area contributed by atoms with E-state index < -0.39 is 11.8 Å². The summed E-state index contributed by atoms with van der Waals surface area (Å²) >= 11 is 0. The lowest BCUT2D eigenvalue weighted by Crippen LogP contribution is -2.36. The van der Waals surface area contributed by atoms with Crippen LogP contribution in [0.15, 0.2) is 36.4 Å². The van der Waals surface area contributed by atoms with Crippen LogP contribution in [-0.4, -0.2) is 24.3 Å². The lowest BCUT2D eigenvalue weighted by Gasteiger charge is -2.30. The number of carbonyl (C=O) groups excluding carboxylic acids is 3. The van der Waals surface area contributed by atoms with Crippen LogP contribution < -0.4 is 15.5 Å². The summed E-state index contributed by atoms with van der Waals surface area (Å²) in [6, 6.07) is 11.0. The number of anilines is 3. The van der Waals surface area contributed by atoms with Crippen molar-refractivity contribution in [2.24, 2.45) is 5.92 Å². The largest absolute Gasteiger partial charge is 0.318 e. The van der Waals surface area contributed by atoms with Crippen LogP contribution in [0.25, 0.3) is 0 Å². The minimum atomic E-state index is -0.737. The summed E-state index contributed by atoms with van der Waals surface area (Å²) in [6.07, 6.45) is 3.76. The minimum Gasteiger partial charge on any atom is -0.318 e. The van der Waals surface area contributed by atoms with Crippen molar-refractivity contribution in [3.05, 3.63) is 53.1 Å². The van der Waals surface area contributed by atoms with Gasteiger partial charge in [-0.05, 0) is 80.5 Å². The smallest absolute Gasteiger partial charge is 0.314 e. The van der Waals surface area contributed by atoms with Crippen molar-refractivity contribution in [3.8, 4) is 0 Å². The Morgan fingerprint density at radius 2 is 1.55 bits per heavy atom. The normalized spacial score (nSPS) is 15.4. The average Bonchev–Trinajstić information content (AvgIpc) is 3.55. The summed E-state index contributed by atoms with van der Waals surface area (Å²) in [5.41, 5.74) is 5.20. The fourth-order valence-electron chi connectivity index (χ4n) is 3.63. The maximum absolute atomic E-state index is 12.6. The van der Waals surface area contributed by atoms with Gasteiger partial charge in [0, 0.05) is 29.5 Å². The monoisotopic (exact) mass is 391 g/mol. The van der Waals surface area contributed by atoms with E-state index in [9.17, 15) is 14.4 Å². The number of carbonyl (C=O) groups is 3. The zero-order chi connectivity index (χ0) is 20.5. The van der Waals surface area contributed by atoms with Crippen molar-refractivity contribution in [2.45, 2.75) is 39.5 Å². The summed E-state index contributed by atoms with van der Waals surface area (Å²) in [4.78, 5) is 39.1. The van der Waals surface area contributed by atoms with Crippen LogP contribution in [0.1, 0.15) is 36.0 Å². The van der Waals surface area contributed by atoms with Crippen LogP contribution in [0.3, 0.4) is 0 Å². The molecular formula is C23H25N3O3. The Labute approximate surface area is 170 Å². The number of rotatable bonds is 3. The highest BCUT2D eigenvalue weighted by Crippen LogP contribution is 2.36. The summed E-state index contributed by atoms with van der Waals surface area (Å²) in [5.74, 6) is -1.15. The summed E-state index contributed by atoms with van der Waals surface area (Å²) in [5, 5.41) is 5.28. The number of hydrogen-bond donors (Lipinski definition) is 2. The molecule has 2 aromatic rings. The van der Waals surface area contributed by atoms with Gasteiger partial charge in [0.25, 0.3) is 0 Å². The maximum atomic E-state index is 12.6. The molecule has 0 unspecified atom stereocenters. The molecule has 6 nitrogen and oxygen atoms in total. The third kappa shape index (κ3) is 4.16. The van der Waals surface area contributed by atoms with Gasteiger partial charge in [0.2, 0.25) is 5.91 Å². The van der Waals surface area contributed by atoms with Crippen molar-refractivity contribution in [1.29, 1.82) is 0 Å². The molecule has 1 aliphatic heterocycles. The number of fused-ring (bicyclic) bond motifs is 1. The average molecular weight is 391 g/mol. The van der Waals surface area contributed by atoms with E-state index in [0.29, 0.717) is 17.9 Å². The molecule has 2 aliphatic rings. The van der Waals surface area contributed by atoms with Crippen molar-refractivity contribution in [1.82, 2.24) is 0 Å². The van der Waals surface area contributed by atoms with Gasteiger partial charge in [0.15, 0.2) is 0 Å². The molecule has 6 heteroatoms. The molecule has 1 aliphatic carbocycles. The highest BCUT2D eigenvalue weighted by atomic mass is 16.2. The van der Waals surface area contributed by atoms with E-state index in [4.69, 9.17) is 0 Å². The molecule has 1 heterocycles. The number of aryl methyl sites for hydroxylation is 3. The highest BCUT2D eigenvalue weighted by Gasteiger charge is 2.35. The maximum Gasteiger partial charge on any atom is 0.314 e. The summed E-state index contributed by atoms with van der Waals surface area (Å²) in [6.45, 7) is 4.64. The molecule has 1 fully saturated rings. The Kier molecular flexibility index (Phi) is 5.09. The van der Waals surface area contributed by atoms with E-state index >= 15 is 0 Å². The Balaban J connectivity index is 1.46. The van der Waals surface area contributed by atoms with Crippen LogP contribution >= 0.6 is 0 Å². The van der Waals surface area contributed by atoms with Crippen molar-refractivity contribution in [2.75, 3.05) is 22.1 Å². The van der Waals surface area contributed by atoms with Crippen LogP contribution in [0.5, 0.6) is 0 Å². The fourth-order valence-corrected chi connectivity index (χ4v) is 3.63. The molecular weight excluding hydrogens is 366 g/mol. The molecule has 4 rings (SSSR count). The highest BCUT2D eigenvalue weighted by molar-refractivity contribution is 6.43. The molecule has 150 valence electrons. The summed E-state index contributed by atoms with van der Waals surface area (Å²) < 4.78 is 0. The molecule has 1 saturated carbocycles. The first kappa shape index (κ1) is 19.2. The zero-order valence-corrected chi connectivity index (χ0v) is 16.7. The number of amides is 3. The Morgan fingerprint density at radius 1 is 0.897 bits per heavy atom. The fraction of sp³-hybridized carbons (Fsp3) is 0.348. The molecule has 0 atom stereocenters. The molecule has 29 heavy (non-hydrogen) atoms. The van der Waals surface area contributed by atoms with E-state index in [2.05, 4.69) is 10.6 Å². The van der Waals surface area contributed by atoms with Gasteiger partial charge in [-0.1, -0.05) is 12.1 Å². The first-order valence-electron chi connectivity index (χ1n) is 10.1. The zero-order valence-electron chi connectivity index (χ0n) is 16.7. The molecule has 0 radical (unpaired) electrons. The first-order chi connectivity index (χ1) is 13.9. The van der Waals surface area contributed by atoms with E-state index in [1.54, 1.807) is 18.2 Å². The topological polar surface area (TPSA) is 78.5 Å². The van der Waals surface area contributed by atoms with Crippen molar-refractivity contribution in [3.63, 3.8) is 0 Å². The van der Waals surface area contributed by atoms with Crippen molar-refractivity contribution >= 4 is 34.8 Å². The third-order valence-corrected chi connectivity index (χ3v) is 5.63. The second kappa shape index (κ2) is 7.70. The Hall–Kier alpha value is -3.15. The quantitative estimate of drug-likeness (QED) is 0.785. The lowest BCUT2D eigenvalue weighted by molar-refractivity contribution is -0.132. The molecule has 0 saturated heterocycles. The van der Waals surface area contributed by atoms with E-state index in [-0.39, 0.29) is 11.8 Å². The molecule has 0 aromatic heterocycles. The van der Waals surface area contributed by atoms with Gasteiger partial charge in [-0.25, -0.2) is 0 Å². The summed E-state index contributed by atoms with van der Waals surface area (Å²) in [7, 11) is 0. The number of benzene rings is 2. The van der Waals surface area contributed by atoms with Gasteiger partial charge in [-0.3, -0.25) is 14.4 Å². The molecule has 2 N–H and O–H groups in total. The van der Waals surface area contributed by atoms with Crippen molar-refractivity contribution < 1.29 is 14.4 Å². The van der Waals surface area contributed by atoms with E-state index in [1.807, 2.05) is 36.9 Å². The van der Waals surface area contributed by atoms with E-state index in [0.717, 1.165) is 48.1 Å². The van der Waals surface area contributed by atoms with Crippen LogP contribution in [0.2, 0.25) is 0 Å². The predicted octanol–water partition coefficient (Wildman–Crippen LogP) is 3.57. The van der Waals surface area contributed by atoms with Gasteiger partial charge in [0.1, 0.15) is 0 Å². The van der Waals surface area contributed by atoms with Gasteiger partial charge in [-0.15, -0.1) is 0 Å². The SMILES string of the molecule is Cc1ccc(NC(=O)C(=O)Nc2ccc3c(c2)N(C(=O)C2CC2)CCC3)cc1C. The Morgan fingerprint density at radius 3 is 2.21 bits per heavy atom. The first-order valence-corrected chi connectivity index (χ1v) is 10.1.